The van der Waals surface area contributed by atoms with E-state index >= 15 is 0 Å². The molecule has 1 aliphatic rings. The van der Waals surface area contributed by atoms with Gasteiger partial charge in [0.1, 0.15) is 11.4 Å². The van der Waals surface area contributed by atoms with Crippen LogP contribution < -0.4 is 5.56 Å². The van der Waals surface area contributed by atoms with Crippen LogP contribution in [0.25, 0.3) is 10.6 Å². The van der Waals surface area contributed by atoms with Gasteiger partial charge in [-0.25, -0.2) is 4.68 Å². The number of nitrogens with zero attached hydrogens (tertiary/aromatic N) is 4. The number of aromatic amines is 1. The van der Waals surface area contributed by atoms with Crippen molar-refractivity contribution in [3.63, 3.8) is 0 Å². The summed E-state index contributed by atoms with van der Waals surface area (Å²) in [5.74, 6) is -0.0929. The summed E-state index contributed by atoms with van der Waals surface area (Å²) < 4.78 is 1.53. The van der Waals surface area contributed by atoms with Gasteiger partial charge in [-0.15, -0.1) is 11.3 Å². The van der Waals surface area contributed by atoms with E-state index in [1.807, 2.05) is 17.5 Å². The average molecular weight is 355 g/mol. The van der Waals surface area contributed by atoms with Crippen molar-refractivity contribution < 1.29 is 4.79 Å². The molecular weight excluding hydrogens is 338 g/mol. The van der Waals surface area contributed by atoms with Gasteiger partial charge in [0, 0.05) is 25.4 Å². The van der Waals surface area contributed by atoms with Gasteiger partial charge < -0.3 is 4.90 Å². The minimum atomic E-state index is -0.138. The zero-order valence-electron chi connectivity index (χ0n) is 13.5. The lowest BCUT2D eigenvalue weighted by Crippen LogP contribution is -2.43. The normalized spacial score (nSPS) is 17.6. The summed E-state index contributed by atoms with van der Waals surface area (Å²) in [7, 11) is 0. The first-order valence-electron chi connectivity index (χ1n) is 8.15. The van der Waals surface area contributed by atoms with E-state index in [4.69, 9.17) is 0 Å². The van der Waals surface area contributed by atoms with Crippen LogP contribution in [0.15, 0.2) is 46.7 Å². The first kappa shape index (κ1) is 15.8. The van der Waals surface area contributed by atoms with E-state index in [0.29, 0.717) is 18.8 Å². The van der Waals surface area contributed by atoms with Crippen molar-refractivity contribution in [2.75, 3.05) is 13.1 Å². The number of hydrogen-bond acceptors (Lipinski definition) is 5. The zero-order chi connectivity index (χ0) is 17.2. The van der Waals surface area contributed by atoms with Crippen molar-refractivity contribution in [3.8, 4) is 10.6 Å². The molecule has 4 heterocycles. The quantitative estimate of drug-likeness (QED) is 0.780. The molecule has 1 atom stereocenters. The molecule has 1 fully saturated rings. The molecule has 0 aromatic carbocycles. The summed E-state index contributed by atoms with van der Waals surface area (Å²) in [6.45, 7) is 1.15. The highest BCUT2D eigenvalue weighted by molar-refractivity contribution is 7.13. The molecule has 0 bridgehead atoms. The molecule has 1 saturated heterocycles. The van der Waals surface area contributed by atoms with E-state index in [1.165, 1.54) is 4.68 Å². The first-order valence-corrected chi connectivity index (χ1v) is 9.03. The number of piperidine rings is 1. The number of nitrogens with one attached hydrogen (secondary N) is 1. The summed E-state index contributed by atoms with van der Waals surface area (Å²) in [5, 5.41) is 13.1. The maximum atomic E-state index is 12.5. The Morgan fingerprint density at radius 3 is 2.96 bits per heavy atom. The van der Waals surface area contributed by atoms with Gasteiger partial charge in [0.25, 0.3) is 11.5 Å². The summed E-state index contributed by atoms with van der Waals surface area (Å²) in [5.41, 5.74) is 1.11. The second-order valence-corrected chi connectivity index (χ2v) is 6.94. The second kappa shape index (κ2) is 6.64. The number of amides is 1. The molecule has 3 aromatic heterocycles. The fraction of sp³-hybridized carbons (Fsp3) is 0.294. The van der Waals surface area contributed by atoms with E-state index in [9.17, 15) is 9.59 Å². The summed E-state index contributed by atoms with van der Waals surface area (Å²) in [6, 6.07) is 8.79. The molecular formula is C17H17N5O2S. The van der Waals surface area contributed by atoms with E-state index in [0.717, 1.165) is 23.4 Å². The molecule has 1 N–H and O–H groups in total. The SMILES string of the molecule is O=C(c1ccn[nH]1)N1CCC[C@H](n2nc(-c3cccs3)ccc2=O)C1. The molecule has 0 spiro atoms. The number of thiophene rings is 1. The molecule has 7 nitrogen and oxygen atoms in total. The Morgan fingerprint density at radius 2 is 2.20 bits per heavy atom. The lowest BCUT2D eigenvalue weighted by atomic mass is 10.1. The number of aromatic nitrogens is 4. The van der Waals surface area contributed by atoms with Crippen molar-refractivity contribution in [2.45, 2.75) is 18.9 Å². The highest BCUT2D eigenvalue weighted by Gasteiger charge is 2.27. The highest BCUT2D eigenvalue weighted by Crippen LogP contribution is 2.24. The predicted molar refractivity (Wildman–Crippen MR) is 94.6 cm³/mol. The third kappa shape index (κ3) is 3.12. The number of hydrogen-bond donors (Lipinski definition) is 1. The van der Waals surface area contributed by atoms with Crippen LogP contribution in [0.5, 0.6) is 0 Å². The highest BCUT2D eigenvalue weighted by atomic mass is 32.1. The van der Waals surface area contributed by atoms with Crippen LogP contribution in [0.3, 0.4) is 0 Å². The predicted octanol–water partition coefficient (Wildman–Crippen LogP) is 2.17. The van der Waals surface area contributed by atoms with Crippen LogP contribution in [0, 0.1) is 0 Å². The van der Waals surface area contributed by atoms with Crippen LogP contribution in [0.2, 0.25) is 0 Å². The van der Waals surface area contributed by atoms with E-state index in [1.54, 1.807) is 40.6 Å². The summed E-state index contributed by atoms with van der Waals surface area (Å²) >= 11 is 1.59. The second-order valence-electron chi connectivity index (χ2n) is 6.00. The summed E-state index contributed by atoms with van der Waals surface area (Å²) in [4.78, 5) is 27.6. The van der Waals surface area contributed by atoms with Crippen molar-refractivity contribution >= 4 is 17.2 Å². The topological polar surface area (TPSA) is 83.9 Å². The summed E-state index contributed by atoms with van der Waals surface area (Å²) in [6.07, 6.45) is 3.22. The zero-order valence-corrected chi connectivity index (χ0v) is 14.3. The van der Waals surface area contributed by atoms with Gasteiger partial charge in [-0.3, -0.25) is 14.7 Å². The monoisotopic (exact) mass is 355 g/mol. The molecule has 0 unspecified atom stereocenters. The van der Waals surface area contributed by atoms with E-state index in [-0.39, 0.29) is 17.5 Å². The van der Waals surface area contributed by atoms with Crippen molar-refractivity contribution in [1.82, 2.24) is 24.9 Å². The molecule has 0 saturated carbocycles. The lowest BCUT2D eigenvalue weighted by molar-refractivity contribution is 0.0664. The molecule has 1 aliphatic heterocycles. The standard InChI is InChI=1S/C17H17N5O2S/c23-16-6-5-13(15-4-2-10-25-15)20-22(16)12-3-1-9-21(11-12)17(24)14-7-8-18-19-14/h2,4-8,10,12H,1,3,9,11H2,(H,18,19)/t12-/m0/s1. The van der Waals surface area contributed by atoms with Crippen LogP contribution in [-0.4, -0.2) is 43.9 Å². The Kier molecular flexibility index (Phi) is 4.19. The smallest absolute Gasteiger partial charge is 0.271 e. The molecule has 8 heteroatoms. The molecule has 25 heavy (non-hydrogen) atoms. The fourth-order valence-corrected chi connectivity index (χ4v) is 3.82. The number of carbonyl (C=O) groups excluding carboxylic acids is 1. The Bertz CT molecular complexity index is 917. The van der Waals surface area contributed by atoms with Gasteiger partial charge in [-0.2, -0.15) is 10.2 Å². The van der Waals surface area contributed by atoms with E-state index in [2.05, 4.69) is 15.3 Å². The van der Waals surface area contributed by atoms with Crippen LogP contribution in [0.1, 0.15) is 29.4 Å². The van der Waals surface area contributed by atoms with Crippen LogP contribution in [-0.2, 0) is 0 Å². The number of rotatable bonds is 3. The Hall–Kier alpha value is -2.74. The van der Waals surface area contributed by atoms with Crippen LogP contribution in [0.4, 0.5) is 0 Å². The van der Waals surface area contributed by atoms with Crippen molar-refractivity contribution in [1.29, 1.82) is 0 Å². The van der Waals surface area contributed by atoms with E-state index < -0.39 is 0 Å². The largest absolute Gasteiger partial charge is 0.335 e. The van der Waals surface area contributed by atoms with Gasteiger partial charge in [0.05, 0.1) is 10.9 Å². The molecule has 128 valence electrons. The minimum Gasteiger partial charge on any atom is -0.335 e. The number of H-pyrrole nitrogens is 1. The Balaban J connectivity index is 1.60. The van der Waals surface area contributed by atoms with Gasteiger partial charge in [0.2, 0.25) is 0 Å². The molecule has 3 aromatic rings. The third-order valence-electron chi connectivity index (χ3n) is 4.36. The molecule has 1 amide bonds. The Morgan fingerprint density at radius 1 is 1.28 bits per heavy atom. The Labute approximate surface area is 147 Å². The van der Waals surface area contributed by atoms with Crippen LogP contribution >= 0.6 is 11.3 Å². The first-order chi connectivity index (χ1) is 12.2. The van der Waals surface area contributed by atoms with Gasteiger partial charge in [-0.05, 0) is 36.4 Å². The molecule has 0 radical (unpaired) electrons. The van der Waals surface area contributed by atoms with Crippen molar-refractivity contribution in [3.05, 3.63) is 58.0 Å². The maximum Gasteiger partial charge on any atom is 0.271 e. The van der Waals surface area contributed by atoms with Crippen molar-refractivity contribution in [2.24, 2.45) is 0 Å². The third-order valence-corrected chi connectivity index (χ3v) is 5.25. The van der Waals surface area contributed by atoms with Gasteiger partial charge >= 0.3 is 0 Å². The van der Waals surface area contributed by atoms with Gasteiger partial charge in [-0.1, -0.05) is 6.07 Å². The maximum absolute atomic E-state index is 12.5. The number of likely N-dealkylation sites (tertiary alicyclic amines) is 1. The fourth-order valence-electron chi connectivity index (χ4n) is 3.13. The number of carbonyl (C=O) groups is 1. The molecule has 0 aliphatic carbocycles. The minimum absolute atomic E-state index is 0.0929. The molecule has 4 rings (SSSR count). The average Bonchev–Trinajstić information content (AvgIpc) is 3.35. The lowest BCUT2D eigenvalue weighted by Gasteiger charge is -2.32. The van der Waals surface area contributed by atoms with Gasteiger partial charge in [0.15, 0.2) is 0 Å².